The number of hydrogen-bond acceptors (Lipinski definition) is 4. The molecule has 1 aliphatic carbocycles. The van der Waals surface area contributed by atoms with Gasteiger partial charge >= 0.3 is 0 Å². The van der Waals surface area contributed by atoms with Crippen LogP contribution in [-0.2, 0) is 4.79 Å². The summed E-state index contributed by atoms with van der Waals surface area (Å²) in [6, 6.07) is 8.07. The zero-order valence-electron chi connectivity index (χ0n) is 12.9. The molecule has 5 heteroatoms. The molecule has 1 saturated heterocycles. The molecule has 0 aromatic heterocycles. The maximum atomic E-state index is 11.9. The van der Waals surface area contributed by atoms with Crippen molar-refractivity contribution in [2.24, 2.45) is 5.92 Å². The lowest BCUT2D eigenvalue weighted by molar-refractivity contribution is -0.119. The minimum Gasteiger partial charge on any atom is -0.393 e. The molecule has 1 aromatic carbocycles. The lowest BCUT2D eigenvalue weighted by atomic mass is 10.1. The largest absolute Gasteiger partial charge is 0.393 e. The highest BCUT2D eigenvalue weighted by atomic mass is 16.3. The number of aliphatic hydroxyl groups excluding tert-OH is 1. The normalized spacial score (nSPS) is 19.0. The number of benzene rings is 1. The van der Waals surface area contributed by atoms with Crippen LogP contribution in [0.1, 0.15) is 25.7 Å². The number of carbonyl (C=O) groups is 1. The number of nitrogens with one attached hydrogen (secondary N) is 2. The van der Waals surface area contributed by atoms with Gasteiger partial charge in [0, 0.05) is 19.6 Å². The number of carbonyl (C=O) groups excluding carboxylic acids is 1. The summed E-state index contributed by atoms with van der Waals surface area (Å²) >= 11 is 0. The van der Waals surface area contributed by atoms with Crippen molar-refractivity contribution < 1.29 is 9.90 Å². The Morgan fingerprint density at radius 3 is 2.64 bits per heavy atom. The number of rotatable bonds is 6. The average molecular weight is 303 g/mol. The van der Waals surface area contributed by atoms with E-state index in [9.17, 15) is 9.90 Å². The molecule has 5 nitrogen and oxygen atoms in total. The second-order valence-electron chi connectivity index (χ2n) is 6.34. The van der Waals surface area contributed by atoms with E-state index in [2.05, 4.69) is 21.6 Å². The summed E-state index contributed by atoms with van der Waals surface area (Å²) in [5.41, 5.74) is 2.10. The lowest BCUT2D eigenvalue weighted by Gasteiger charge is -2.32. The minimum absolute atomic E-state index is 0.0516. The van der Waals surface area contributed by atoms with E-state index < -0.39 is 0 Å². The molecule has 1 aliphatic heterocycles. The summed E-state index contributed by atoms with van der Waals surface area (Å²) < 4.78 is 0. The monoisotopic (exact) mass is 303 g/mol. The Kier molecular flexibility index (Phi) is 4.83. The zero-order chi connectivity index (χ0) is 15.4. The molecule has 2 fully saturated rings. The van der Waals surface area contributed by atoms with Gasteiger partial charge in [-0.25, -0.2) is 0 Å². The standard InChI is InChI=1S/C17H25N3O2/c21-14-7-9-20(10-8-14)16-4-2-1-3-15(16)18-12-17(22)19-11-13-5-6-13/h1-4,13-14,18,21H,5-12H2,(H,19,22). The molecule has 0 bridgehead atoms. The summed E-state index contributed by atoms with van der Waals surface area (Å²) in [5, 5.41) is 15.9. The first-order chi connectivity index (χ1) is 10.7. The van der Waals surface area contributed by atoms with Crippen molar-refractivity contribution in [3.8, 4) is 0 Å². The number of nitrogens with zero attached hydrogens (tertiary/aromatic N) is 1. The van der Waals surface area contributed by atoms with Crippen LogP contribution >= 0.6 is 0 Å². The Hall–Kier alpha value is -1.75. The molecule has 0 spiro atoms. The fourth-order valence-corrected chi connectivity index (χ4v) is 2.82. The van der Waals surface area contributed by atoms with E-state index in [1.54, 1.807) is 0 Å². The van der Waals surface area contributed by atoms with Crippen molar-refractivity contribution >= 4 is 17.3 Å². The van der Waals surface area contributed by atoms with Crippen molar-refractivity contribution in [2.45, 2.75) is 31.8 Å². The number of anilines is 2. The Bertz CT molecular complexity index is 508. The number of hydrogen-bond donors (Lipinski definition) is 3. The number of para-hydroxylation sites is 2. The Balaban J connectivity index is 1.54. The van der Waals surface area contributed by atoms with E-state index in [-0.39, 0.29) is 12.0 Å². The van der Waals surface area contributed by atoms with Gasteiger partial charge in [-0.15, -0.1) is 0 Å². The fourth-order valence-electron chi connectivity index (χ4n) is 2.82. The minimum atomic E-state index is -0.176. The van der Waals surface area contributed by atoms with E-state index in [0.717, 1.165) is 43.9 Å². The van der Waals surface area contributed by atoms with Gasteiger partial charge in [-0.3, -0.25) is 4.79 Å². The quantitative estimate of drug-likeness (QED) is 0.747. The first-order valence-electron chi connectivity index (χ1n) is 8.25. The molecular formula is C17H25N3O2. The lowest BCUT2D eigenvalue weighted by Crippen LogP contribution is -2.36. The second-order valence-corrected chi connectivity index (χ2v) is 6.34. The summed E-state index contributed by atoms with van der Waals surface area (Å²) in [5.74, 6) is 0.756. The van der Waals surface area contributed by atoms with Gasteiger partial charge in [-0.2, -0.15) is 0 Å². The highest BCUT2D eigenvalue weighted by molar-refractivity contribution is 5.82. The third-order valence-corrected chi connectivity index (χ3v) is 4.43. The highest BCUT2D eigenvalue weighted by Crippen LogP contribution is 2.28. The van der Waals surface area contributed by atoms with Gasteiger partial charge < -0.3 is 20.6 Å². The van der Waals surface area contributed by atoms with Gasteiger partial charge in [0.1, 0.15) is 0 Å². The van der Waals surface area contributed by atoms with Gasteiger partial charge in [0.15, 0.2) is 0 Å². The molecule has 1 amide bonds. The molecule has 1 saturated carbocycles. The topological polar surface area (TPSA) is 64.6 Å². The maximum Gasteiger partial charge on any atom is 0.239 e. The summed E-state index contributed by atoms with van der Waals surface area (Å²) in [6.45, 7) is 2.83. The van der Waals surface area contributed by atoms with Crippen LogP contribution in [0.2, 0.25) is 0 Å². The van der Waals surface area contributed by atoms with Crippen LogP contribution in [0.25, 0.3) is 0 Å². The van der Waals surface area contributed by atoms with E-state index >= 15 is 0 Å². The summed E-state index contributed by atoms with van der Waals surface area (Å²) in [4.78, 5) is 14.1. The van der Waals surface area contributed by atoms with Crippen LogP contribution in [0, 0.1) is 5.92 Å². The predicted molar refractivity (Wildman–Crippen MR) is 88.1 cm³/mol. The van der Waals surface area contributed by atoms with Crippen molar-refractivity contribution in [3.63, 3.8) is 0 Å². The molecule has 0 radical (unpaired) electrons. The average Bonchev–Trinajstić information content (AvgIpc) is 3.36. The Morgan fingerprint density at radius 2 is 1.91 bits per heavy atom. The molecule has 3 N–H and O–H groups in total. The van der Waals surface area contributed by atoms with Gasteiger partial charge in [-0.1, -0.05) is 12.1 Å². The van der Waals surface area contributed by atoms with E-state index in [1.807, 2.05) is 18.2 Å². The van der Waals surface area contributed by atoms with Crippen LogP contribution in [0.15, 0.2) is 24.3 Å². The second kappa shape index (κ2) is 7.01. The summed E-state index contributed by atoms with van der Waals surface area (Å²) in [7, 11) is 0. The SMILES string of the molecule is O=C(CNc1ccccc1N1CCC(O)CC1)NCC1CC1. The fraction of sp³-hybridized carbons (Fsp3) is 0.588. The molecule has 1 heterocycles. The van der Waals surface area contributed by atoms with Gasteiger partial charge in [0.05, 0.1) is 24.0 Å². The van der Waals surface area contributed by atoms with Crippen molar-refractivity contribution in [2.75, 3.05) is 36.4 Å². The summed E-state index contributed by atoms with van der Waals surface area (Å²) in [6.07, 6.45) is 3.92. The van der Waals surface area contributed by atoms with Crippen LogP contribution in [0.4, 0.5) is 11.4 Å². The Morgan fingerprint density at radius 1 is 1.18 bits per heavy atom. The Labute approximate surface area is 131 Å². The van der Waals surface area contributed by atoms with Crippen molar-refractivity contribution in [1.82, 2.24) is 5.32 Å². The van der Waals surface area contributed by atoms with Crippen LogP contribution in [0.3, 0.4) is 0 Å². The molecule has 2 aliphatic rings. The third-order valence-electron chi connectivity index (χ3n) is 4.43. The van der Waals surface area contributed by atoms with Crippen LogP contribution in [0.5, 0.6) is 0 Å². The molecule has 3 rings (SSSR count). The van der Waals surface area contributed by atoms with Crippen molar-refractivity contribution in [1.29, 1.82) is 0 Å². The number of aliphatic hydroxyl groups is 1. The first-order valence-corrected chi connectivity index (χ1v) is 8.25. The number of amides is 1. The molecule has 1 aromatic rings. The van der Waals surface area contributed by atoms with E-state index in [4.69, 9.17) is 0 Å². The molecule has 120 valence electrons. The van der Waals surface area contributed by atoms with Gasteiger partial charge in [0.2, 0.25) is 5.91 Å². The smallest absolute Gasteiger partial charge is 0.239 e. The van der Waals surface area contributed by atoms with Crippen molar-refractivity contribution in [3.05, 3.63) is 24.3 Å². The molecule has 0 unspecified atom stereocenters. The number of piperidine rings is 1. The highest BCUT2D eigenvalue weighted by Gasteiger charge is 2.22. The van der Waals surface area contributed by atoms with Crippen LogP contribution in [-0.4, -0.2) is 43.3 Å². The van der Waals surface area contributed by atoms with E-state index in [0.29, 0.717) is 12.5 Å². The van der Waals surface area contributed by atoms with Gasteiger partial charge in [0.25, 0.3) is 0 Å². The molecule has 0 atom stereocenters. The maximum absolute atomic E-state index is 11.9. The third kappa shape index (κ3) is 4.13. The zero-order valence-corrected chi connectivity index (χ0v) is 12.9. The van der Waals surface area contributed by atoms with Crippen LogP contribution < -0.4 is 15.5 Å². The first kappa shape index (κ1) is 15.2. The van der Waals surface area contributed by atoms with E-state index in [1.165, 1.54) is 12.8 Å². The molecular weight excluding hydrogens is 278 g/mol. The molecule has 22 heavy (non-hydrogen) atoms. The van der Waals surface area contributed by atoms with Gasteiger partial charge in [-0.05, 0) is 43.7 Å². The predicted octanol–water partition coefficient (Wildman–Crippen LogP) is 1.59.